The number of hydrogen-bond acceptors (Lipinski definition) is 5. The van der Waals surface area contributed by atoms with Gasteiger partial charge in [-0.2, -0.15) is 0 Å². The predicted molar refractivity (Wildman–Crippen MR) is 126 cm³/mol. The number of rotatable bonds is 6. The van der Waals surface area contributed by atoms with E-state index in [1.54, 1.807) is 49.4 Å². The van der Waals surface area contributed by atoms with E-state index in [-0.39, 0.29) is 5.57 Å². The number of Topliss-reactive ketones (excluding diaryl/α,β-unsaturated/α-hetero) is 1. The van der Waals surface area contributed by atoms with Crippen LogP contribution in [-0.2, 0) is 9.59 Å². The lowest BCUT2D eigenvalue weighted by Crippen LogP contribution is -2.30. The fourth-order valence-corrected chi connectivity index (χ4v) is 4.07. The van der Waals surface area contributed by atoms with Gasteiger partial charge >= 0.3 is 0 Å². The van der Waals surface area contributed by atoms with Crippen LogP contribution in [0.25, 0.3) is 5.76 Å². The highest BCUT2D eigenvalue weighted by Gasteiger charge is 2.48. The van der Waals surface area contributed by atoms with E-state index < -0.39 is 40.8 Å². The van der Waals surface area contributed by atoms with Crippen LogP contribution >= 0.6 is 0 Å². The summed E-state index contributed by atoms with van der Waals surface area (Å²) in [5.74, 6) is -3.50. The number of aryl methyl sites for hydroxylation is 1. The smallest absolute Gasteiger partial charge is 0.300 e. The molecule has 0 saturated carbocycles. The fraction of sp³-hybridized carbons (Fsp3) is 0.185. The molecular formula is C27H23F2NO5. The van der Waals surface area contributed by atoms with Crippen LogP contribution in [0, 0.1) is 18.6 Å². The van der Waals surface area contributed by atoms with Gasteiger partial charge < -0.3 is 14.6 Å². The Kier molecular flexibility index (Phi) is 6.55. The van der Waals surface area contributed by atoms with Crippen LogP contribution in [0.15, 0.2) is 66.2 Å². The second-order valence-corrected chi connectivity index (χ2v) is 7.97. The van der Waals surface area contributed by atoms with E-state index in [1.807, 2.05) is 6.92 Å². The Morgan fingerprint density at radius 3 is 2.37 bits per heavy atom. The van der Waals surface area contributed by atoms with Crippen molar-refractivity contribution in [1.82, 2.24) is 0 Å². The Hall–Kier alpha value is -4.20. The molecule has 1 saturated heterocycles. The molecule has 1 amide bonds. The summed E-state index contributed by atoms with van der Waals surface area (Å²) in [7, 11) is 1.46. The Balaban J connectivity index is 1.99. The van der Waals surface area contributed by atoms with E-state index in [0.29, 0.717) is 29.2 Å². The highest BCUT2D eigenvalue weighted by atomic mass is 19.1. The number of ketones is 1. The predicted octanol–water partition coefficient (Wildman–Crippen LogP) is 5.31. The molecule has 1 aliphatic heterocycles. The topological polar surface area (TPSA) is 76.1 Å². The zero-order valence-corrected chi connectivity index (χ0v) is 19.3. The Labute approximate surface area is 201 Å². The van der Waals surface area contributed by atoms with E-state index in [0.717, 1.165) is 28.7 Å². The first-order valence-electron chi connectivity index (χ1n) is 10.9. The van der Waals surface area contributed by atoms with Gasteiger partial charge in [-0.1, -0.05) is 35.9 Å². The number of methoxy groups -OCH3 is 1. The van der Waals surface area contributed by atoms with Crippen molar-refractivity contribution >= 4 is 23.1 Å². The Morgan fingerprint density at radius 2 is 1.71 bits per heavy atom. The van der Waals surface area contributed by atoms with Crippen molar-refractivity contribution in [3.63, 3.8) is 0 Å². The summed E-state index contributed by atoms with van der Waals surface area (Å²) in [6, 6.07) is 12.8. The monoisotopic (exact) mass is 479 g/mol. The summed E-state index contributed by atoms with van der Waals surface area (Å²) in [4.78, 5) is 27.2. The van der Waals surface area contributed by atoms with Crippen LogP contribution in [0.5, 0.6) is 11.5 Å². The molecule has 3 aromatic carbocycles. The van der Waals surface area contributed by atoms with Crippen LogP contribution in [-0.4, -0.2) is 30.5 Å². The first kappa shape index (κ1) is 23.9. The minimum atomic E-state index is -1.25. The van der Waals surface area contributed by atoms with Crippen LogP contribution in [0.4, 0.5) is 14.5 Å². The van der Waals surface area contributed by atoms with Crippen molar-refractivity contribution in [2.24, 2.45) is 0 Å². The van der Waals surface area contributed by atoms with E-state index in [4.69, 9.17) is 9.47 Å². The zero-order chi connectivity index (χ0) is 25.3. The first-order valence-corrected chi connectivity index (χ1v) is 10.9. The number of aliphatic hydroxyl groups is 1. The zero-order valence-electron chi connectivity index (χ0n) is 19.3. The molecule has 1 aliphatic rings. The highest BCUT2D eigenvalue weighted by Crippen LogP contribution is 2.44. The maximum absolute atomic E-state index is 14.8. The summed E-state index contributed by atoms with van der Waals surface area (Å²) in [5.41, 5.74) is 0.892. The molecule has 1 atom stereocenters. The number of aliphatic hydroxyl groups excluding tert-OH is 1. The number of ether oxygens (including phenoxy) is 2. The average molecular weight is 479 g/mol. The molecule has 4 rings (SSSR count). The molecule has 0 aromatic heterocycles. The molecule has 8 heteroatoms. The fourth-order valence-electron chi connectivity index (χ4n) is 4.07. The molecule has 1 fully saturated rings. The summed E-state index contributed by atoms with van der Waals surface area (Å²) >= 11 is 0. The summed E-state index contributed by atoms with van der Waals surface area (Å²) < 4.78 is 39.9. The third-order valence-corrected chi connectivity index (χ3v) is 5.74. The van der Waals surface area contributed by atoms with Crippen LogP contribution < -0.4 is 14.4 Å². The number of anilines is 1. The van der Waals surface area contributed by atoms with Gasteiger partial charge in [0.2, 0.25) is 0 Å². The quantitative estimate of drug-likeness (QED) is 0.295. The summed E-state index contributed by atoms with van der Waals surface area (Å²) in [6.07, 6.45) is 0. The van der Waals surface area contributed by atoms with Gasteiger partial charge in [-0.25, -0.2) is 8.78 Å². The number of carbonyl (C=O) groups excluding carboxylic acids is 2. The van der Waals surface area contributed by atoms with E-state index in [9.17, 15) is 23.5 Å². The van der Waals surface area contributed by atoms with Crippen LogP contribution in [0.1, 0.15) is 29.7 Å². The standard InChI is InChI=1S/C27H23F2NO5/c1-4-35-22-13-17(9-12-21(22)34-3)24-23(25(31)16-7-5-15(2)6-8-16)26(32)27(33)30(24)20-14-18(28)10-11-19(20)29/h5-14,24,31H,4H2,1-3H3/b25-23+. The number of nitrogens with zero attached hydrogens (tertiary/aromatic N) is 1. The van der Waals surface area contributed by atoms with E-state index in [2.05, 4.69) is 0 Å². The average Bonchev–Trinajstić information content (AvgIpc) is 3.11. The third kappa shape index (κ3) is 4.35. The Bertz CT molecular complexity index is 1330. The summed E-state index contributed by atoms with van der Waals surface area (Å²) in [5, 5.41) is 11.1. The van der Waals surface area contributed by atoms with Crippen LogP contribution in [0.3, 0.4) is 0 Å². The van der Waals surface area contributed by atoms with Gasteiger partial charge in [0.15, 0.2) is 11.5 Å². The Morgan fingerprint density at radius 1 is 1.00 bits per heavy atom. The second-order valence-electron chi connectivity index (χ2n) is 7.97. The molecule has 0 radical (unpaired) electrons. The third-order valence-electron chi connectivity index (χ3n) is 5.74. The maximum Gasteiger partial charge on any atom is 0.300 e. The van der Waals surface area contributed by atoms with Gasteiger partial charge in [0, 0.05) is 11.6 Å². The van der Waals surface area contributed by atoms with Gasteiger partial charge in [0.1, 0.15) is 17.4 Å². The second kappa shape index (κ2) is 9.58. The number of halogens is 2. The lowest BCUT2D eigenvalue weighted by molar-refractivity contribution is -0.132. The lowest BCUT2D eigenvalue weighted by Gasteiger charge is -2.26. The normalized spacial score (nSPS) is 17.1. The van der Waals surface area contributed by atoms with Gasteiger partial charge in [-0.15, -0.1) is 0 Å². The van der Waals surface area contributed by atoms with Crippen LogP contribution in [0.2, 0.25) is 0 Å². The molecule has 180 valence electrons. The molecule has 0 aliphatic carbocycles. The molecule has 1 N–H and O–H groups in total. The number of benzene rings is 3. The molecule has 1 unspecified atom stereocenters. The van der Waals surface area contributed by atoms with E-state index in [1.165, 1.54) is 7.11 Å². The van der Waals surface area contributed by atoms with Gasteiger partial charge in [-0.05, 0) is 43.7 Å². The van der Waals surface area contributed by atoms with E-state index >= 15 is 0 Å². The van der Waals surface area contributed by atoms with Crippen molar-refractivity contribution in [2.75, 3.05) is 18.6 Å². The lowest BCUT2D eigenvalue weighted by atomic mass is 9.94. The van der Waals surface area contributed by atoms with Crippen molar-refractivity contribution < 1.29 is 33.0 Å². The number of amides is 1. The molecule has 0 bridgehead atoms. The van der Waals surface area contributed by atoms with Gasteiger partial charge in [-0.3, -0.25) is 14.5 Å². The number of carbonyl (C=O) groups is 2. The molecule has 1 heterocycles. The molecule has 35 heavy (non-hydrogen) atoms. The van der Waals surface area contributed by atoms with Crippen molar-refractivity contribution in [3.05, 3.63) is 94.6 Å². The molecular weight excluding hydrogens is 456 g/mol. The van der Waals surface area contributed by atoms with Crippen molar-refractivity contribution in [2.45, 2.75) is 19.9 Å². The minimum absolute atomic E-state index is 0.255. The van der Waals surface area contributed by atoms with Gasteiger partial charge in [0.05, 0.1) is 31.0 Å². The number of hydrogen-bond donors (Lipinski definition) is 1. The maximum atomic E-state index is 14.8. The SMILES string of the molecule is CCOc1cc(C2/C(=C(\O)c3ccc(C)cc3)C(=O)C(=O)N2c2cc(F)ccc2F)ccc1OC. The summed E-state index contributed by atoms with van der Waals surface area (Å²) in [6.45, 7) is 3.95. The molecule has 6 nitrogen and oxygen atoms in total. The van der Waals surface area contributed by atoms with Crippen molar-refractivity contribution in [1.29, 1.82) is 0 Å². The largest absolute Gasteiger partial charge is 0.507 e. The highest BCUT2D eigenvalue weighted by molar-refractivity contribution is 6.51. The van der Waals surface area contributed by atoms with Crippen molar-refractivity contribution in [3.8, 4) is 11.5 Å². The first-order chi connectivity index (χ1) is 16.8. The molecule has 0 spiro atoms. The minimum Gasteiger partial charge on any atom is -0.507 e. The molecule has 3 aromatic rings. The van der Waals surface area contributed by atoms with Gasteiger partial charge in [0.25, 0.3) is 11.7 Å².